The predicted molar refractivity (Wildman–Crippen MR) is 240 cm³/mol. The van der Waals surface area contributed by atoms with Crippen molar-refractivity contribution in [1.29, 1.82) is 0 Å². The van der Waals surface area contributed by atoms with Crippen molar-refractivity contribution in [3.63, 3.8) is 0 Å². The van der Waals surface area contributed by atoms with Crippen LogP contribution in [0.5, 0.6) is 0 Å². The van der Waals surface area contributed by atoms with Gasteiger partial charge in [0.05, 0.1) is 11.1 Å². The lowest BCUT2D eigenvalue weighted by molar-refractivity contribution is 0.768. The predicted octanol–water partition coefficient (Wildman–Crippen LogP) is 14.8. The molecule has 0 saturated carbocycles. The Morgan fingerprint density at radius 2 is 0.754 bits per heavy atom. The van der Waals surface area contributed by atoms with Crippen LogP contribution in [0.4, 0.5) is 11.4 Å². The van der Waals surface area contributed by atoms with E-state index in [1.807, 2.05) is 0 Å². The fourth-order valence-corrected chi connectivity index (χ4v) is 8.90. The highest BCUT2D eigenvalue weighted by atomic mass is 14.9. The first-order valence-electron chi connectivity index (χ1n) is 19.8. The molecule has 0 bridgehead atoms. The summed E-state index contributed by atoms with van der Waals surface area (Å²) in [6.45, 7) is 2.17. The number of benzene rings is 9. The summed E-state index contributed by atoms with van der Waals surface area (Å²) in [5.41, 5.74) is 19.9. The van der Waals surface area contributed by atoms with E-state index in [0.29, 0.717) is 0 Å². The molecule has 1 aliphatic carbocycles. The summed E-state index contributed by atoms with van der Waals surface area (Å²) in [6, 6.07) is 82.0. The van der Waals surface area contributed by atoms with Crippen LogP contribution in [0.2, 0.25) is 0 Å². The number of fused-ring (bicyclic) bond motifs is 3. The highest BCUT2D eigenvalue weighted by Crippen LogP contribution is 2.57. The van der Waals surface area contributed by atoms with Gasteiger partial charge in [0.25, 0.3) is 0 Å². The largest absolute Gasteiger partial charge is 0.355 e. The van der Waals surface area contributed by atoms with Crippen molar-refractivity contribution in [3.8, 4) is 55.6 Å². The van der Waals surface area contributed by atoms with Crippen molar-refractivity contribution in [2.24, 2.45) is 0 Å². The Labute approximate surface area is 335 Å². The van der Waals surface area contributed by atoms with Gasteiger partial charge in [-0.3, -0.25) is 0 Å². The van der Waals surface area contributed by atoms with Gasteiger partial charge in [0, 0.05) is 16.8 Å². The smallest absolute Gasteiger partial charge is 0.0714 e. The van der Waals surface area contributed by atoms with Gasteiger partial charge in [-0.1, -0.05) is 212 Å². The molecule has 57 heavy (non-hydrogen) atoms. The molecule has 270 valence electrons. The lowest BCUT2D eigenvalue weighted by Gasteiger charge is -2.34. The summed E-state index contributed by atoms with van der Waals surface area (Å²) in [6.07, 6.45) is 0. The van der Waals surface area contributed by atoms with Gasteiger partial charge in [0.15, 0.2) is 0 Å². The summed E-state index contributed by atoms with van der Waals surface area (Å²) < 4.78 is 0. The molecule has 1 heteroatoms. The summed E-state index contributed by atoms with van der Waals surface area (Å²) in [5, 5.41) is 4.03. The quantitative estimate of drug-likeness (QED) is 0.164. The molecule has 0 radical (unpaired) electrons. The summed E-state index contributed by atoms with van der Waals surface area (Å²) in [5.74, 6) is 0. The molecular formula is C56H41N. The average Bonchev–Trinajstić information content (AvgIpc) is 3.57. The maximum Gasteiger partial charge on any atom is 0.0714 e. The van der Waals surface area contributed by atoms with Crippen molar-refractivity contribution in [3.05, 3.63) is 252 Å². The number of rotatable bonds is 8. The molecule has 0 aromatic heterocycles. The topological polar surface area (TPSA) is 12.0 Å². The van der Waals surface area contributed by atoms with Crippen LogP contribution in [0.3, 0.4) is 0 Å². The van der Waals surface area contributed by atoms with Gasteiger partial charge >= 0.3 is 0 Å². The number of aryl methyl sites for hydroxylation is 1. The van der Waals surface area contributed by atoms with E-state index in [2.05, 4.69) is 237 Å². The number of para-hydroxylation sites is 1. The van der Waals surface area contributed by atoms with Crippen molar-refractivity contribution in [2.45, 2.75) is 12.3 Å². The van der Waals surface area contributed by atoms with Crippen LogP contribution in [0, 0.1) is 6.92 Å². The molecule has 1 nitrogen and oxygen atoms in total. The van der Waals surface area contributed by atoms with E-state index in [0.717, 1.165) is 28.1 Å². The van der Waals surface area contributed by atoms with Crippen molar-refractivity contribution in [1.82, 2.24) is 0 Å². The molecule has 0 saturated heterocycles. The minimum absolute atomic E-state index is 0.544. The van der Waals surface area contributed by atoms with Crippen molar-refractivity contribution in [2.75, 3.05) is 5.32 Å². The Balaban J connectivity index is 1.17. The molecule has 1 aliphatic rings. The normalized spacial score (nSPS) is 14.1. The molecule has 0 aliphatic heterocycles. The fourth-order valence-electron chi connectivity index (χ4n) is 8.90. The third-order valence-electron chi connectivity index (χ3n) is 11.7. The van der Waals surface area contributed by atoms with E-state index in [9.17, 15) is 0 Å². The molecule has 1 unspecified atom stereocenters. The molecule has 1 N–H and O–H groups in total. The number of hydrogen-bond donors (Lipinski definition) is 1. The fraction of sp³-hybridized carbons (Fsp3) is 0.0357. The third-order valence-corrected chi connectivity index (χ3v) is 11.7. The standard InChI is InChI=1S/C56H41N/c1-39-25-32-47(33-26-39)56(46-21-12-5-13-22-46)53-37-45(41-17-8-3-9-18-41)31-35-51(53)52-36-34-48(38-54(52)56)57-55-49(43-19-10-4-11-20-43)23-14-24-50(55)44-29-27-42(28-30-44)40-15-6-2-7-16-40/h2-38,57H,1H3. The van der Waals surface area contributed by atoms with Gasteiger partial charge in [0.1, 0.15) is 0 Å². The monoisotopic (exact) mass is 727 g/mol. The third kappa shape index (κ3) is 6.05. The van der Waals surface area contributed by atoms with E-state index in [1.165, 1.54) is 66.8 Å². The Morgan fingerprint density at radius 1 is 0.316 bits per heavy atom. The van der Waals surface area contributed by atoms with Crippen LogP contribution >= 0.6 is 0 Å². The molecule has 0 spiro atoms. The summed E-state index contributed by atoms with van der Waals surface area (Å²) in [7, 11) is 0. The first kappa shape index (κ1) is 34.3. The first-order chi connectivity index (χ1) is 28.2. The highest BCUT2D eigenvalue weighted by molar-refractivity contribution is 5.95. The van der Waals surface area contributed by atoms with Gasteiger partial charge in [-0.25, -0.2) is 0 Å². The van der Waals surface area contributed by atoms with E-state index in [-0.39, 0.29) is 0 Å². The molecule has 9 aromatic rings. The van der Waals surface area contributed by atoms with E-state index in [4.69, 9.17) is 0 Å². The number of anilines is 2. The van der Waals surface area contributed by atoms with Crippen LogP contribution in [0.1, 0.15) is 27.8 Å². The number of hydrogen-bond acceptors (Lipinski definition) is 1. The maximum absolute atomic E-state index is 4.03. The number of nitrogens with one attached hydrogen (secondary N) is 1. The van der Waals surface area contributed by atoms with Crippen LogP contribution in [0.15, 0.2) is 224 Å². The molecule has 0 heterocycles. The molecule has 0 amide bonds. The molecule has 0 fully saturated rings. The van der Waals surface area contributed by atoms with E-state index in [1.54, 1.807) is 0 Å². The van der Waals surface area contributed by atoms with Gasteiger partial charge in [-0.05, 0) is 91.9 Å². The van der Waals surface area contributed by atoms with Crippen molar-refractivity contribution >= 4 is 11.4 Å². The molecular weight excluding hydrogens is 687 g/mol. The lowest BCUT2D eigenvalue weighted by atomic mass is 9.67. The van der Waals surface area contributed by atoms with E-state index < -0.39 is 5.41 Å². The Bertz CT molecular complexity index is 2830. The second kappa shape index (κ2) is 14.5. The molecule has 1 atom stereocenters. The second-order valence-corrected chi connectivity index (χ2v) is 15.0. The summed E-state index contributed by atoms with van der Waals surface area (Å²) >= 11 is 0. The van der Waals surface area contributed by atoms with Gasteiger partial charge in [0.2, 0.25) is 0 Å². The second-order valence-electron chi connectivity index (χ2n) is 15.0. The van der Waals surface area contributed by atoms with Crippen molar-refractivity contribution < 1.29 is 0 Å². The van der Waals surface area contributed by atoms with Crippen LogP contribution in [0.25, 0.3) is 55.6 Å². The van der Waals surface area contributed by atoms with Crippen LogP contribution < -0.4 is 5.32 Å². The van der Waals surface area contributed by atoms with Crippen LogP contribution in [-0.4, -0.2) is 0 Å². The average molecular weight is 728 g/mol. The minimum atomic E-state index is -0.544. The molecule has 10 rings (SSSR count). The highest BCUT2D eigenvalue weighted by Gasteiger charge is 2.46. The van der Waals surface area contributed by atoms with Gasteiger partial charge < -0.3 is 5.32 Å². The Hall–Kier alpha value is -7.22. The Morgan fingerprint density at radius 3 is 1.37 bits per heavy atom. The SMILES string of the molecule is Cc1ccc(C2(c3ccccc3)c3cc(Nc4c(-c5ccccc5)cccc4-c4ccc(-c5ccccc5)cc4)ccc3-c3ccc(-c4ccccc4)cc32)cc1. The summed E-state index contributed by atoms with van der Waals surface area (Å²) in [4.78, 5) is 0. The zero-order chi connectivity index (χ0) is 38.2. The Kier molecular flexibility index (Phi) is 8.69. The zero-order valence-corrected chi connectivity index (χ0v) is 31.9. The van der Waals surface area contributed by atoms with Gasteiger partial charge in [-0.2, -0.15) is 0 Å². The maximum atomic E-state index is 4.03. The van der Waals surface area contributed by atoms with Crippen LogP contribution in [-0.2, 0) is 5.41 Å². The lowest BCUT2D eigenvalue weighted by Crippen LogP contribution is -2.28. The minimum Gasteiger partial charge on any atom is -0.355 e. The van der Waals surface area contributed by atoms with Gasteiger partial charge in [-0.15, -0.1) is 0 Å². The first-order valence-corrected chi connectivity index (χ1v) is 19.8. The molecule has 9 aromatic carbocycles. The zero-order valence-electron chi connectivity index (χ0n) is 31.9. The van der Waals surface area contributed by atoms with E-state index >= 15 is 0 Å².